The third kappa shape index (κ3) is 2.49. The largest absolute Gasteiger partial charge is 0.399 e. The van der Waals surface area contributed by atoms with Gasteiger partial charge in [0, 0.05) is 37.2 Å². The number of aromatic nitrogens is 3. The van der Waals surface area contributed by atoms with Gasteiger partial charge in [-0.05, 0) is 30.7 Å². The zero-order chi connectivity index (χ0) is 19.3. The molecule has 0 amide bonds. The Labute approximate surface area is 155 Å². The van der Waals surface area contributed by atoms with E-state index < -0.39 is 0 Å². The van der Waals surface area contributed by atoms with Gasteiger partial charge in [-0.3, -0.25) is 13.9 Å². The van der Waals surface area contributed by atoms with E-state index in [1.54, 1.807) is 7.05 Å². The summed E-state index contributed by atoms with van der Waals surface area (Å²) in [7, 11) is 3.18. The molecule has 4 aromatic rings. The molecule has 0 aliphatic rings. The van der Waals surface area contributed by atoms with Crippen LogP contribution in [-0.4, -0.2) is 13.7 Å². The minimum atomic E-state index is -0.353. The van der Waals surface area contributed by atoms with Crippen LogP contribution in [0.25, 0.3) is 27.8 Å². The summed E-state index contributed by atoms with van der Waals surface area (Å²) in [4.78, 5) is 25.4. The van der Waals surface area contributed by atoms with Gasteiger partial charge in [0.1, 0.15) is 0 Å². The van der Waals surface area contributed by atoms with E-state index in [2.05, 4.69) is 0 Å². The number of hydrogen-bond acceptors (Lipinski definition) is 3. The minimum Gasteiger partial charge on any atom is -0.399 e. The maximum absolute atomic E-state index is 13.0. The molecule has 0 spiro atoms. The van der Waals surface area contributed by atoms with Gasteiger partial charge in [0.05, 0.1) is 16.6 Å². The maximum Gasteiger partial charge on any atom is 0.330 e. The van der Waals surface area contributed by atoms with Crippen LogP contribution in [0.2, 0.25) is 0 Å². The Bertz CT molecular complexity index is 1310. The Balaban J connectivity index is 2.25. The van der Waals surface area contributed by atoms with Crippen LogP contribution in [-0.2, 0) is 14.1 Å². The van der Waals surface area contributed by atoms with Crippen molar-refractivity contribution in [1.29, 1.82) is 0 Å². The standard InChI is InChI=1S/C21H20N4O2/c1-13-7-4-5-10-16(13)19-18-17(23(2)21(27)24(3)20(18)26)12-25(19)15-9-6-8-14(22)11-15/h4-12H,22H2,1-3H3. The van der Waals surface area contributed by atoms with E-state index in [-0.39, 0.29) is 11.2 Å². The van der Waals surface area contributed by atoms with Crippen LogP contribution in [0.15, 0.2) is 64.3 Å². The highest BCUT2D eigenvalue weighted by Crippen LogP contribution is 2.33. The SMILES string of the molecule is Cc1ccccc1-c1c2c(=O)n(C)c(=O)n(C)c2cn1-c1cccc(N)c1. The molecule has 2 heterocycles. The molecule has 0 atom stereocenters. The predicted octanol–water partition coefficient (Wildman–Crippen LogP) is 2.59. The van der Waals surface area contributed by atoms with Crippen LogP contribution >= 0.6 is 0 Å². The maximum atomic E-state index is 13.0. The molecule has 2 aromatic carbocycles. The van der Waals surface area contributed by atoms with Gasteiger partial charge >= 0.3 is 5.69 Å². The van der Waals surface area contributed by atoms with Crippen molar-refractivity contribution >= 4 is 16.6 Å². The Kier molecular flexibility index (Phi) is 3.77. The van der Waals surface area contributed by atoms with Crippen molar-refractivity contribution in [3.8, 4) is 16.9 Å². The van der Waals surface area contributed by atoms with Crippen LogP contribution in [0.1, 0.15) is 5.56 Å². The van der Waals surface area contributed by atoms with Crippen LogP contribution in [0, 0.1) is 6.92 Å². The molecule has 0 aliphatic carbocycles. The predicted molar refractivity (Wildman–Crippen MR) is 108 cm³/mol. The van der Waals surface area contributed by atoms with E-state index in [0.29, 0.717) is 16.6 Å². The average molecular weight is 360 g/mol. The highest BCUT2D eigenvalue weighted by atomic mass is 16.2. The second-order valence-corrected chi connectivity index (χ2v) is 6.72. The second-order valence-electron chi connectivity index (χ2n) is 6.72. The van der Waals surface area contributed by atoms with E-state index in [4.69, 9.17) is 5.73 Å². The van der Waals surface area contributed by atoms with Gasteiger partial charge in [-0.1, -0.05) is 30.3 Å². The van der Waals surface area contributed by atoms with Gasteiger partial charge < -0.3 is 10.3 Å². The number of anilines is 1. The molecule has 6 heteroatoms. The lowest BCUT2D eigenvalue weighted by molar-refractivity contribution is 0.714. The zero-order valence-corrected chi connectivity index (χ0v) is 15.4. The van der Waals surface area contributed by atoms with Crippen molar-refractivity contribution in [3.63, 3.8) is 0 Å². The molecule has 0 fully saturated rings. The first-order valence-electron chi connectivity index (χ1n) is 8.63. The van der Waals surface area contributed by atoms with Crippen molar-refractivity contribution < 1.29 is 0 Å². The average Bonchev–Trinajstić information content (AvgIpc) is 3.05. The number of nitrogens with two attached hydrogens (primary N) is 1. The normalized spacial score (nSPS) is 11.2. The monoisotopic (exact) mass is 360 g/mol. The number of benzene rings is 2. The van der Waals surface area contributed by atoms with Crippen molar-refractivity contribution in [3.05, 3.63) is 81.1 Å². The zero-order valence-electron chi connectivity index (χ0n) is 15.4. The highest BCUT2D eigenvalue weighted by molar-refractivity contribution is 5.95. The summed E-state index contributed by atoms with van der Waals surface area (Å²) in [6.45, 7) is 2.00. The topological polar surface area (TPSA) is 75.0 Å². The number of nitrogens with zero attached hydrogens (tertiary/aromatic N) is 3. The first-order chi connectivity index (χ1) is 12.9. The Morgan fingerprint density at radius 2 is 1.67 bits per heavy atom. The fourth-order valence-corrected chi connectivity index (χ4v) is 3.52. The first kappa shape index (κ1) is 16.9. The summed E-state index contributed by atoms with van der Waals surface area (Å²) in [5, 5.41) is 0.510. The molecule has 6 nitrogen and oxygen atoms in total. The summed E-state index contributed by atoms with van der Waals surface area (Å²) in [6.07, 6.45) is 1.83. The van der Waals surface area contributed by atoms with Gasteiger partial charge in [-0.2, -0.15) is 0 Å². The van der Waals surface area contributed by atoms with Gasteiger partial charge in [0.25, 0.3) is 5.56 Å². The highest BCUT2D eigenvalue weighted by Gasteiger charge is 2.21. The fourth-order valence-electron chi connectivity index (χ4n) is 3.52. The van der Waals surface area contributed by atoms with E-state index in [1.807, 2.05) is 66.2 Å². The van der Waals surface area contributed by atoms with Gasteiger partial charge in [-0.15, -0.1) is 0 Å². The van der Waals surface area contributed by atoms with E-state index in [9.17, 15) is 9.59 Å². The summed E-state index contributed by atoms with van der Waals surface area (Å²) in [6, 6.07) is 15.4. The summed E-state index contributed by atoms with van der Waals surface area (Å²) < 4.78 is 4.58. The van der Waals surface area contributed by atoms with Crippen LogP contribution < -0.4 is 17.0 Å². The summed E-state index contributed by atoms with van der Waals surface area (Å²) in [5.74, 6) is 0. The quantitative estimate of drug-likeness (QED) is 0.558. The molecule has 2 aromatic heterocycles. The van der Waals surface area contributed by atoms with Crippen LogP contribution in [0.4, 0.5) is 5.69 Å². The summed E-state index contributed by atoms with van der Waals surface area (Å²) >= 11 is 0. The molecule has 0 saturated carbocycles. The molecule has 2 N–H and O–H groups in total. The Hall–Kier alpha value is -3.54. The minimum absolute atomic E-state index is 0.311. The van der Waals surface area contributed by atoms with Crippen molar-refractivity contribution in [2.24, 2.45) is 14.1 Å². The van der Waals surface area contributed by atoms with Crippen LogP contribution in [0.5, 0.6) is 0 Å². The molecule has 136 valence electrons. The Morgan fingerprint density at radius 1 is 0.926 bits per heavy atom. The molecule has 0 aliphatic heterocycles. The van der Waals surface area contributed by atoms with Gasteiger partial charge in [0.15, 0.2) is 0 Å². The smallest absolute Gasteiger partial charge is 0.330 e. The molecular weight excluding hydrogens is 340 g/mol. The molecular formula is C21H20N4O2. The number of fused-ring (bicyclic) bond motifs is 1. The van der Waals surface area contributed by atoms with Crippen molar-refractivity contribution in [2.45, 2.75) is 6.92 Å². The molecule has 0 radical (unpaired) electrons. The van der Waals surface area contributed by atoms with Crippen LogP contribution in [0.3, 0.4) is 0 Å². The number of nitrogen functional groups attached to an aromatic ring is 1. The first-order valence-corrected chi connectivity index (χ1v) is 8.63. The lowest BCUT2D eigenvalue weighted by atomic mass is 10.0. The molecule has 0 unspecified atom stereocenters. The molecule has 0 saturated heterocycles. The van der Waals surface area contributed by atoms with E-state index in [0.717, 1.165) is 27.1 Å². The molecule has 4 rings (SSSR count). The second kappa shape index (κ2) is 6.02. The third-order valence-corrected chi connectivity index (χ3v) is 4.99. The molecule has 27 heavy (non-hydrogen) atoms. The van der Waals surface area contributed by atoms with Gasteiger partial charge in [0.2, 0.25) is 0 Å². The number of rotatable bonds is 2. The van der Waals surface area contributed by atoms with Crippen molar-refractivity contribution in [2.75, 3.05) is 5.73 Å². The number of hydrogen-bond donors (Lipinski definition) is 1. The van der Waals surface area contributed by atoms with Gasteiger partial charge in [-0.25, -0.2) is 4.79 Å². The lowest BCUT2D eigenvalue weighted by Gasteiger charge is -2.12. The molecule has 0 bridgehead atoms. The lowest BCUT2D eigenvalue weighted by Crippen LogP contribution is -2.36. The number of aryl methyl sites for hydroxylation is 2. The van der Waals surface area contributed by atoms with Crippen molar-refractivity contribution in [1.82, 2.24) is 13.7 Å². The Morgan fingerprint density at radius 3 is 2.37 bits per heavy atom. The third-order valence-electron chi connectivity index (χ3n) is 4.99. The van der Waals surface area contributed by atoms with E-state index in [1.165, 1.54) is 11.6 Å². The fraction of sp³-hybridized carbons (Fsp3) is 0.143. The summed E-state index contributed by atoms with van der Waals surface area (Å²) in [5.41, 5.74) is 10.1. The van der Waals surface area contributed by atoms with E-state index >= 15 is 0 Å².